The van der Waals surface area contributed by atoms with Crippen LogP contribution in [0.3, 0.4) is 0 Å². The Balaban J connectivity index is 1.92. The molecule has 4 aromatic rings. The number of para-hydroxylation sites is 1. The van der Waals surface area contributed by atoms with Crippen LogP contribution in [0.25, 0.3) is 22.3 Å². The summed E-state index contributed by atoms with van der Waals surface area (Å²) in [5.74, 6) is 1.88. The highest BCUT2D eigenvalue weighted by molar-refractivity contribution is 6.37. The third-order valence-corrected chi connectivity index (χ3v) is 6.53. The highest BCUT2D eigenvalue weighted by atomic mass is 35.5. The average Bonchev–Trinajstić information content (AvgIpc) is 2.85. The predicted molar refractivity (Wildman–Crippen MR) is 157 cm³/mol. The van der Waals surface area contributed by atoms with Gasteiger partial charge < -0.3 is 9.47 Å². The van der Waals surface area contributed by atoms with E-state index in [9.17, 15) is 4.79 Å². The molecular formula is C30H31Cl2N3O3. The van der Waals surface area contributed by atoms with Crippen molar-refractivity contribution in [3.8, 4) is 22.9 Å². The quantitative estimate of drug-likeness (QED) is 0.209. The second-order valence-electron chi connectivity index (χ2n) is 9.59. The molecule has 6 nitrogen and oxygen atoms in total. The third-order valence-electron chi connectivity index (χ3n) is 5.97. The Morgan fingerprint density at radius 1 is 1.05 bits per heavy atom. The third kappa shape index (κ3) is 5.71. The van der Waals surface area contributed by atoms with E-state index in [1.165, 1.54) is 4.68 Å². The van der Waals surface area contributed by atoms with E-state index < -0.39 is 0 Å². The molecule has 198 valence electrons. The summed E-state index contributed by atoms with van der Waals surface area (Å²) >= 11 is 12.9. The van der Waals surface area contributed by atoms with Crippen LogP contribution in [0.4, 0.5) is 0 Å². The molecule has 38 heavy (non-hydrogen) atoms. The first kappa shape index (κ1) is 27.7. The normalized spacial score (nSPS) is 11.7. The lowest BCUT2D eigenvalue weighted by Crippen LogP contribution is -2.21. The lowest BCUT2D eigenvalue weighted by Gasteiger charge is -2.18. The topological polar surface area (TPSA) is 65.7 Å². The molecule has 0 saturated heterocycles. The Labute approximate surface area is 232 Å². The Morgan fingerprint density at radius 3 is 2.37 bits per heavy atom. The molecule has 4 rings (SSSR count). The fourth-order valence-electron chi connectivity index (χ4n) is 4.20. The number of hydrogen-bond donors (Lipinski definition) is 0. The Bertz CT molecular complexity index is 1550. The minimum absolute atomic E-state index is 0.0811. The van der Waals surface area contributed by atoms with Crippen LogP contribution in [0.15, 0.2) is 58.4 Å². The smallest absolute Gasteiger partial charge is 0.282 e. The van der Waals surface area contributed by atoms with Crippen molar-refractivity contribution >= 4 is 40.3 Å². The molecular weight excluding hydrogens is 521 g/mol. The van der Waals surface area contributed by atoms with Crippen LogP contribution in [0.2, 0.25) is 10.0 Å². The van der Waals surface area contributed by atoms with Crippen molar-refractivity contribution in [2.45, 2.75) is 53.6 Å². The molecule has 0 aliphatic carbocycles. The molecule has 8 heteroatoms. The molecule has 0 saturated carbocycles. The van der Waals surface area contributed by atoms with Crippen LogP contribution >= 0.6 is 23.2 Å². The molecule has 0 spiro atoms. The first-order valence-electron chi connectivity index (χ1n) is 12.6. The van der Waals surface area contributed by atoms with E-state index in [1.807, 2.05) is 58.0 Å². The van der Waals surface area contributed by atoms with E-state index in [0.717, 1.165) is 22.4 Å². The Kier molecular flexibility index (Phi) is 8.44. The molecule has 3 aromatic carbocycles. The molecule has 0 amide bonds. The van der Waals surface area contributed by atoms with Crippen molar-refractivity contribution < 1.29 is 9.47 Å². The van der Waals surface area contributed by atoms with Crippen LogP contribution in [0.5, 0.6) is 11.5 Å². The summed E-state index contributed by atoms with van der Waals surface area (Å²) in [7, 11) is 0. The maximum absolute atomic E-state index is 13.7. The van der Waals surface area contributed by atoms with E-state index in [-0.39, 0.29) is 17.6 Å². The fraction of sp³-hybridized carbons (Fsp3) is 0.300. The van der Waals surface area contributed by atoms with Gasteiger partial charge in [0.2, 0.25) is 0 Å². The van der Waals surface area contributed by atoms with Crippen molar-refractivity contribution in [3.63, 3.8) is 0 Å². The highest BCUT2D eigenvalue weighted by Gasteiger charge is 2.19. The van der Waals surface area contributed by atoms with Crippen molar-refractivity contribution in [1.82, 2.24) is 9.66 Å². The van der Waals surface area contributed by atoms with Crippen molar-refractivity contribution in [2.24, 2.45) is 5.10 Å². The van der Waals surface area contributed by atoms with E-state index in [0.29, 0.717) is 44.7 Å². The summed E-state index contributed by atoms with van der Waals surface area (Å²) in [6.07, 6.45) is 1.47. The van der Waals surface area contributed by atoms with E-state index in [4.69, 9.17) is 37.7 Å². The van der Waals surface area contributed by atoms with Gasteiger partial charge in [-0.25, -0.2) is 4.98 Å². The number of hydrogen-bond acceptors (Lipinski definition) is 5. The van der Waals surface area contributed by atoms with Crippen LogP contribution < -0.4 is 15.0 Å². The SMILES string of the molecule is CCOc1cc(C)c(-c2nc3ccccc3c(=O)n2N=Cc2cc(Cl)c(OC(C)C)c(Cl)c2)cc1C(C)C. The second kappa shape index (κ2) is 11.6. The summed E-state index contributed by atoms with van der Waals surface area (Å²) in [5, 5.41) is 5.77. The van der Waals surface area contributed by atoms with Crippen LogP contribution in [-0.4, -0.2) is 28.6 Å². The molecule has 0 bridgehead atoms. The minimum Gasteiger partial charge on any atom is -0.494 e. The number of nitrogens with zero attached hydrogens (tertiary/aromatic N) is 3. The minimum atomic E-state index is -0.279. The Morgan fingerprint density at radius 2 is 1.74 bits per heavy atom. The molecule has 0 atom stereocenters. The van der Waals surface area contributed by atoms with Crippen LogP contribution in [-0.2, 0) is 0 Å². The van der Waals surface area contributed by atoms with Crippen molar-refractivity contribution in [3.05, 3.63) is 85.6 Å². The van der Waals surface area contributed by atoms with Gasteiger partial charge in [-0.3, -0.25) is 4.79 Å². The number of fused-ring (bicyclic) bond motifs is 1. The first-order chi connectivity index (χ1) is 18.1. The summed E-state index contributed by atoms with van der Waals surface area (Å²) in [5.41, 5.74) is 3.69. The molecule has 1 aromatic heterocycles. The maximum Gasteiger partial charge on any atom is 0.282 e. The molecule has 0 unspecified atom stereocenters. The summed E-state index contributed by atoms with van der Waals surface area (Å²) in [6.45, 7) is 12.5. The zero-order valence-electron chi connectivity index (χ0n) is 22.4. The van der Waals surface area contributed by atoms with E-state index in [1.54, 1.807) is 24.4 Å². The summed E-state index contributed by atoms with van der Waals surface area (Å²) < 4.78 is 13.0. The van der Waals surface area contributed by atoms with Crippen molar-refractivity contribution in [2.75, 3.05) is 6.61 Å². The first-order valence-corrected chi connectivity index (χ1v) is 13.4. The standard InChI is InChI=1S/C30H31Cl2N3O3/c1-7-37-27-12-19(6)23(15-22(27)17(2)3)29-34-26-11-9-8-10-21(26)30(36)35(29)33-16-20-13-24(31)28(25(32)14-20)38-18(4)5/h8-18H,7H2,1-6H3. The molecule has 0 fully saturated rings. The monoisotopic (exact) mass is 551 g/mol. The highest BCUT2D eigenvalue weighted by Crippen LogP contribution is 2.36. The van der Waals surface area contributed by atoms with Gasteiger partial charge in [-0.2, -0.15) is 9.78 Å². The molecule has 0 N–H and O–H groups in total. The van der Waals surface area contributed by atoms with Gasteiger partial charge in [-0.05, 0) is 86.7 Å². The molecule has 0 aliphatic rings. The predicted octanol–water partition coefficient (Wildman–Crippen LogP) is 7.87. The van der Waals surface area contributed by atoms with Gasteiger partial charge >= 0.3 is 0 Å². The van der Waals surface area contributed by atoms with Gasteiger partial charge in [0.05, 0.1) is 39.9 Å². The molecule has 0 aliphatic heterocycles. The number of ether oxygens (including phenoxy) is 2. The lowest BCUT2D eigenvalue weighted by molar-refractivity contribution is 0.243. The number of aromatic nitrogens is 2. The van der Waals surface area contributed by atoms with E-state index >= 15 is 0 Å². The van der Waals surface area contributed by atoms with Gasteiger partial charge in [-0.1, -0.05) is 49.2 Å². The van der Waals surface area contributed by atoms with Gasteiger partial charge in [0.25, 0.3) is 5.56 Å². The van der Waals surface area contributed by atoms with Crippen LogP contribution in [0, 0.1) is 6.92 Å². The number of halogens is 2. The van der Waals surface area contributed by atoms with Gasteiger partial charge in [0.15, 0.2) is 11.6 Å². The van der Waals surface area contributed by atoms with Gasteiger partial charge in [-0.15, -0.1) is 0 Å². The zero-order valence-corrected chi connectivity index (χ0v) is 23.9. The number of rotatable bonds is 8. The largest absolute Gasteiger partial charge is 0.494 e. The molecule has 0 radical (unpaired) electrons. The van der Waals surface area contributed by atoms with Gasteiger partial charge in [0, 0.05) is 5.56 Å². The zero-order chi connectivity index (χ0) is 27.6. The maximum atomic E-state index is 13.7. The average molecular weight is 553 g/mol. The Hall–Kier alpha value is -3.35. The van der Waals surface area contributed by atoms with Crippen LogP contribution in [0.1, 0.15) is 57.2 Å². The number of aryl methyl sites for hydroxylation is 1. The lowest BCUT2D eigenvalue weighted by atomic mass is 9.96. The van der Waals surface area contributed by atoms with Crippen molar-refractivity contribution in [1.29, 1.82) is 0 Å². The van der Waals surface area contributed by atoms with E-state index in [2.05, 4.69) is 18.9 Å². The summed E-state index contributed by atoms with van der Waals surface area (Å²) in [6, 6.07) is 14.7. The molecule has 1 heterocycles. The fourth-order valence-corrected chi connectivity index (χ4v) is 4.80. The summed E-state index contributed by atoms with van der Waals surface area (Å²) in [4.78, 5) is 18.5. The number of benzene rings is 3. The van der Waals surface area contributed by atoms with Gasteiger partial charge in [0.1, 0.15) is 5.75 Å². The second-order valence-corrected chi connectivity index (χ2v) is 10.4.